The number of amides is 1. The highest BCUT2D eigenvalue weighted by atomic mass is 32.2. The van der Waals surface area contributed by atoms with Crippen LogP contribution in [0.4, 0.5) is 0 Å². The Balaban J connectivity index is 1.51. The van der Waals surface area contributed by atoms with Crippen LogP contribution in [0.15, 0.2) is 60.0 Å². The fourth-order valence-corrected chi connectivity index (χ4v) is 3.27. The lowest BCUT2D eigenvalue weighted by molar-refractivity contribution is -0.118. The number of rotatable bonds is 8. The summed E-state index contributed by atoms with van der Waals surface area (Å²) < 4.78 is 6.98. The Morgan fingerprint density at radius 3 is 2.52 bits per heavy atom. The van der Waals surface area contributed by atoms with E-state index in [4.69, 9.17) is 4.74 Å². The second-order valence-electron chi connectivity index (χ2n) is 6.13. The van der Waals surface area contributed by atoms with Gasteiger partial charge in [-0.25, -0.2) is 0 Å². The molecule has 0 spiro atoms. The van der Waals surface area contributed by atoms with E-state index in [9.17, 15) is 4.79 Å². The van der Waals surface area contributed by atoms with Gasteiger partial charge in [0.2, 0.25) is 5.91 Å². The van der Waals surface area contributed by atoms with Crippen LogP contribution in [-0.2, 0) is 22.7 Å². The third-order valence-corrected chi connectivity index (χ3v) is 4.93. The number of benzene rings is 2. The zero-order valence-electron chi connectivity index (χ0n) is 15.4. The second-order valence-corrected chi connectivity index (χ2v) is 7.08. The van der Waals surface area contributed by atoms with Crippen molar-refractivity contribution >= 4 is 17.7 Å². The third kappa shape index (κ3) is 5.42. The van der Waals surface area contributed by atoms with E-state index in [1.807, 2.05) is 60.0 Å². The fourth-order valence-electron chi connectivity index (χ4n) is 2.51. The molecule has 0 bridgehead atoms. The molecule has 0 aliphatic rings. The Kier molecular flexibility index (Phi) is 6.62. The van der Waals surface area contributed by atoms with Crippen LogP contribution >= 0.6 is 11.8 Å². The van der Waals surface area contributed by atoms with Crippen LogP contribution < -0.4 is 5.32 Å². The van der Waals surface area contributed by atoms with Crippen LogP contribution in [0, 0.1) is 6.92 Å². The minimum atomic E-state index is -0.0422. The molecule has 0 aliphatic carbocycles. The summed E-state index contributed by atoms with van der Waals surface area (Å²) in [6, 6.07) is 16.1. The maximum absolute atomic E-state index is 12.2. The number of thioether (sulfide) groups is 1. The molecule has 3 aromatic rings. The number of carbonyl (C=O) groups is 1. The van der Waals surface area contributed by atoms with Crippen LogP contribution in [0.1, 0.15) is 16.7 Å². The fraction of sp³-hybridized carbons (Fsp3) is 0.250. The molecule has 0 saturated heterocycles. The Morgan fingerprint density at radius 1 is 1.11 bits per heavy atom. The highest BCUT2D eigenvalue weighted by Crippen LogP contribution is 2.19. The van der Waals surface area contributed by atoms with Gasteiger partial charge in [-0.2, -0.15) is 0 Å². The minimum absolute atomic E-state index is 0.0422. The first-order valence-electron chi connectivity index (χ1n) is 8.59. The molecule has 1 N–H and O–H groups in total. The molecular weight excluding hydrogens is 360 g/mol. The van der Waals surface area contributed by atoms with Gasteiger partial charge < -0.3 is 10.1 Å². The van der Waals surface area contributed by atoms with Gasteiger partial charge in [0.05, 0.1) is 12.4 Å². The van der Waals surface area contributed by atoms with Gasteiger partial charge in [0, 0.05) is 19.3 Å². The number of aryl methyl sites for hydroxylation is 1. The van der Waals surface area contributed by atoms with Gasteiger partial charge in [-0.1, -0.05) is 53.7 Å². The van der Waals surface area contributed by atoms with Crippen molar-refractivity contribution in [2.24, 2.45) is 0 Å². The Morgan fingerprint density at radius 2 is 1.81 bits per heavy atom. The molecule has 140 valence electrons. The molecule has 0 atom stereocenters. The van der Waals surface area contributed by atoms with Gasteiger partial charge in [-0.15, -0.1) is 10.2 Å². The molecule has 0 radical (unpaired) electrons. The van der Waals surface area contributed by atoms with Crippen LogP contribution in [0.3, 0.4) is 0 Å². The summed E-state index contributed by atoms with van der Waals surface area (Å²) in [7, 11) is 1.67. The predicted molar refractivity (Wildman–Crippen MR) is 106 cm³/mol. The molecule has 7 heteroatoms. The Labute approximate surface area is 163 Å². The largest absolute Gasteiger partial charge is 0.380 e. The summed E-state index contributed by atoms with van der Waals surface area (Å²) in [5.74, 6) is 0.242. The topological polar surface area (TPSA) is 69.0 Å². The molecule has 0 saturated carbocycles. The number of hydrogen-bond acceptors (Lipinski definition) is 5. The molecule has 0 fully saturated rings. The second kappa shape index (κ2) is 9.34. The third-order valence-electron chi connectivity index (χ3n) is 3.98. The van der Waals surface area contributed by atoms with Gasteiger partial charge in [-0.05, 0) is 30.2 Å². The van der Waals surface area contributed by atoms with Crippen molar-refractivity contribution in [3.8, 4) is 5.69 Å². The normalized spacial score (nSPS) is 10.7. The molecule has 2 aromatic carbocycles. The summed E-state index contributed by atoms with van der Waals surface area (Å²) in [5, 5.41) is 11.7. The average Bonchev–Trinajstić information content (AvgIpc) is 3.15. The lowest BCUT2D eigenvalue weighted by Crippen LogP contribution is -2.24. The van der Waals surface area contributed by atoms with Gasteiger partial charge in [0.15, 0.2) is 5.16 Å². The predicted octanol–water partition coefficient (Wildman–Crippen LogP) is 3.13. The first-order valence-corrected chi connectivity index (χ1v) is 9.57. The highest BCUT2D eigenvalue weighted by Gasteiger charge is 2.10. The summed E-state index contributed by atoms with van der Waals surface area (Å²) >= 11 is 1.37. The smallest absolute Gasteiger partial charge is 0.230 e. The highest BCUT2D eigenvalue weighted by molar-refractivity contribution is 7.99. The number of nitrogens with zero attached hydrogens (tertiary/aromatic N) is 3. The number of ether oxygens (including phenoxy) is 1. The molecule has 1 amide bonds. The number of methoxy groups -OCH3 is 1. The number of carbonyl (C=O) groups excluding carboxylic acids is 1. The standard InChI is InChI=1S/C20H22N4O2S/c1-15-3-9-18(10-4-15)24-14-22-23-20(24)27-13-19(25)21-11-16-5-7-17(8-6-16)12-26-2/h3-10,14H,11-13H2,1-2H3,(H,21,25). The zero-order chi connectivity index (χ0) is 19.1. The number of hydrogen-bond donors (Lipinski definition) is 1. The van der Waals surface area contributed by atoms with E-state index in [1.54, 1.807) is 13.4 Å². The quantitative estimate of drug-likeness (QED) is 0.606. The van der Waals surface area contributed by atoms with E-state index in [2.05, 4.69) is 15.5 Å². The SMILES string of the molecule is COCc1ccc(CNC(=O)CSc2nncn2-c2ccc(C)cc2)cc1. The maximum atomic E-state index is 12.2. The van der Waals surface area contributed by atoms with Crippen molar-refractivity contribution in [2.45, 2.75) is 25.2 Å². The van der Waals surface area contributed by atoms with Crippen LogP contribution in [0.2, 0.25) is 0 Å². The lowest BCUT2D eigenvalue weighted by atomic mass is 10.1. The van der Waals surface area contributed by atoms with Gasteiger partial charge in [-0.3, -0.25) is 9.36 Å². The number of aromatic nitrogens is 3. The average molecular weight is 382 g/mol. The van der Waals surface area contributed by atoms with Gasteiger partial charge >= 0.3 is 0 Å². The maximum Gasteiger partial charge on any atom is 0.230 e. The molecular formula is C20H22N4O2S. The van der Waals surface area contributed by atoms with Crippen molar-refractivity contribution in [3.05, 3.63) is 71.5 Å². The van der Waals surface area contributed by atoms with Gasteiger partial charge in [0.1, 0.15) is 6.33 Å². The van der Waals surface area contributed by atoms with Crippen LogP contribution in [-0.4, -0.2) is 33.5 Å². The summed E-state index contributed by atoms with van der Waals surface area (Å²) in [6.07, 6.45) is 1.66. The van der Waals surface area contributed by atoms with Crippen LogP contribution in [0.5, 0.6) is 0 Å². The first kappa shape index (κ1) is 19.1. The van der Waals surface area contributed by atoms with E-state index in [0.717, 1.165) is 16.8 Å². The first-order chi connectivity index (χ1) is 13.2. The summed E-state index contributed by atoms with van der Waals surface area (Å²) in [6.45, 7) is 3.13. The molecule has 0 unspecified atom stereocenters. The number of nitrogens with one attached hydrogen (secondary N) is 1. The van der Waals surface area contributed by atoms with Crippen LogP contribution in [0.25, 0.3) is 5.69 Å². The lowest BCUT2D eigenvalue weighted by Gasteiger charge is -2.08. The Hall–Kier alpha value is -2.64. The molecule has 3 rings (SSSR count). The monoisotopic (exact) mass is 382 g/mol. The van der Waals surface area contributed by atoms with E-state index >= 15 is 0 Å². The minimum Gasteiger partial charge on any atom is -0.380 e. The van der Waals surface area contributed by atoms with E-state index < -0.39 is 0 Å². The van der Waals surface area contributed by atoms with Crippen molar-refractivity contribution < 1.29 is 9.53 Å². The van der Waals surface area contributed by atoms with Crippen molar-refractivity contribution in [1.82, 2.24) is 20.1 Å². The van der Waals surface area contributed by atoms with Crippen molar-refractivity contribution in [2.75, 3.05) is 12.9 Å². The summed E-state index contributed by atoms with van der Waals surface area (Å²) in [4.78, 5) is 12.2. The molecule has 1 aromatic heterocycles. The van der Waals surface area contributed by atoms with E-state index in [-0.39, 0.29) is 11.7 Å². The summed E-state index contributed by atoms with van der Waals surface area (Å²) in [5.41, 5.74) is 4.33. The molecule has 6 nitrogen and oxygen atoms in total. The zero-order valence-corrected chi connectivity index (χ0v) is 16.2. The van der Waals surface area contributed by atoms with Gasteiger partial charge in [0.25, 0.3) is 0 Å². The molecule has 27 heavy (non-hydrogen) atoms. The van der Waals surface area contributed by atoms with Crippen molar-refractivity contribution in [1.29, 1.82) is 0 Å². The van der Waals surface area contributed by atoms with E-state index in [0.29, 0.717) is 18.3 Å². The molecule has 0 aliphatic heterocycles. The Bertz CT molecular complexity index is 876. The molecule has 1 heterocycles. The van der Waals surface area contributed by atoms with Crippen molar-refractivity contribution in [3.63, 3.8) is 0 Å². The van der Waals surface area contributed by atoms with E-state index in [1.165, 1.54) is 17.3 Å².